The summed E-state index contributed by atoms with van der Waals surface area (Å²) in [5.41, 5.74) is 3.35. The van der Waals surface area contributed by atoms with Crippen LogP contribution in [0.2, 0.25) is 5.02 Å². The van der Waals surface area contributed by atoms with Crippen LogP contribution in [0.5, 0.6) is 5.75 Å². The van der Waals surface area contributed by atoms with Crippen LogP contribution < -0.4 is 10.3 Å². The average Bonchev–Trinajstić information content (AvgIpc) is 3.13. The number of methoxy groups -OCH3 is 1. The predicted molar refractivity (Wildman–Crippen MR) is 148 cm³/mol. The summed E-state index contributed by atoms with van der Waals surface area (Å²) in [5.74, 6) is 1.02. The smallest absolute Gasteiger partial charge is 0.255 e. The lowest BCUT2D eigenvalue weighted by Gasteiger charge is -2.37. The molecule has 8 heteroatoms. The highest BCUT2D eigenvalue weighted by molar-refractivity contribution is 6.36. The molecule has 0 aromatic carbocycles. The van der Waals surface area contributed by atoms with Crippen molar-refractivity contribution >= 4 is 22.9 Å². The van der Waals surface area contributed by atoms with Crippen molar-refractivity contribution < 1.29 is 9.53 Å². The summed E-state index contributed by atoms with van der Waals surface area (Å²) >= 11 is 6.98. The number of hydrogen-bond donors (Lipinski definition) is 1. The fourth-order valence-electron chi connectivity index (χ4n) is 5.72. The zero-order chi connectivity index (χ0) is 26.9. The van der Waals surface area contributed by atoms with Gasteiger partial charge >= 0.3 is 0 Å². The zero-order valence-electron chi connectivity index (χ0n) is 22.9. The molecule has 3 aromatic heterocycles. The number of aromatic amines is 1. The van der Waals surface area contributed by atoms with Crippen molar-refractivity contribution in [3.05, 3.63) is 62.3 Å². The van der Waals surface area contributed by atoms with Crippen LogP contribution in [0.25, 0.3) is 5.52 Å². The second-order valence-electron chi connectivity index (χ2n) is 11.6. The predicted octanol–water partition coefficient (Wildman–Crippen LogP) is 5.67. The molecule has 1 fully saturated rings. The molecule has 1 N–H and O–H groups in total. The summed E-state index contributed by atoms with van der Waals surface area (Å²) in [5, 5.41) is 5.07. The molecule has 1 unspecified atom stereocenters. The van der Waals surface area contributed by atoms with E-state index in [9.17, 15) is 9.59 Å². The van der Waals surface area contributed by atoms with E-state index in [4.69, 9.17) is 16.3 Å². The maximum atomic E-state index is 13.5. The summed E-state index contributed by atoms with van der Waals surface area (Å²) in [6, 6.07) is 5.50. The van der Waals surface area contributed by atoms with Crippen LogP contribution in [0.1, 0.15) is 80.2 Å². The van der Waals surface area contributed by atoms with Crippen molar-refractivity contribution in [2.45, 2.75) is 66.2 Å². The van der Waals surface area contributed by atoms with Crippen molar-refractivity contribution in [1.29, 1.82) is 0 Å². The third-order valence-corrected chi connectivity index (χ3v) is 7.86. The number of ketones is 1. The SMILES string of the molecule is COc1cc(C)[nH]c(=O)c1CCC(=O)c1c(Cl)c(C(C)C2CCN(CC(C)(C)C)CC2)n2ncccc12. The lowest BCUT2D eigenvalue weighted by molar-refractivity contribution is 0.0984. The van der Waals surface area contributed by atoms with Crippen molar-refractivity contribution in [1.82, 2.24) is 19.5 Å². The summed E-state index contributed by atoms with van der Waals surface area (Å²) in [4.78, 5) is 31.4. The van der Waals surface area contributed by atoms with Gasteiger partial charge in [0, 0.05) is 30.8 Å². The Labute approximate surface area is 224 Å². The van der Waals surface area contributed by atoms with E-state index in [1.807, 2.05) is 16.6 Å². The normalized spacial score (nSPS) is 16.3. The van der Waals surface area contributed by atoms with Crippen LogP contribution in [0.4, 0.5) is 0 Å². The number of ether oxygens (including phenoxy) is 1. The summed E-state index contributed by atoms with van der Waals surface area (Å²) in [6.45, 7) is 14.1. The molecule has 1 saturated heterocycles. The second-order valence-corrected chi connectivity index (χ2v) is 12.0. The fourth-order valence-corrected chi connectivity index (χ4v) is 6.17. The lowest BCUT2D eigenvalue weighted by atomic mass is 9.82. The number of carbonyl (C=O) groups is 1. The van der Waals surface area contributed by atoms with Gasteiger partial charge in [0.15, 0.2) is 5.78 Å². The van der Waals surface area contributed by atoms with Gasteiger partial charge in [0.05, 0.1) is 34.5 Å². The number of rotatable bonds is 8. The number of piperidine rings is 1. The molecule has 0 radical (unpaired) electrons. The van der Waals surface area contributed by atoms with E-state index in [1.54, 1.807) is 19.2 Å². The van der Waals surface area contributed by atoms with Gasteiger partial charge in [0.2, 0.25) is 0 Å². The van der Waals surface area contributed by atoms with Gasteiger partial charge in [0.25, 0.3) is 5.56 Å². The number of halogens is 1. The number of nitrogens with zero attached hydrogens (tertiary/aromatic N) is 3. The zero-order valence-corrected chi connectivity index (χ0v) is 23.6. The van der Waals surface area contributed by atoms with Crippen LogP contribution in [-0.2, 0) is 6.42 Å². The molecule has 4 heterocycles. The number of Topliss-reactive ketones (excluding diaryl/α,β-unsaturated/α-hetero) is 1. The molecule has 1 atom stereocenters. The largest absolute Gasteiger partial charge is 0.496 e. The fraction of sp³-hybridized carbons (Fsp3) is 0.552. The number of pyridine rings is 1. The number of aryl methyl sites for hydroxylation is 1. The van der Waals surface area contributed by atoms with E-state index in [1.165, 1.54) is 7.11 Å². The van der Waals surface area contributed by atoms with Crippen molar-refractivity contribution in [2.75, 3.05) is 26.7 Å². The number of H-pyrrole nitrogens is 1. The standard InChI is InChI=1S/C29H39ClN4O3/c1-18-16-24(37-6)21(28(36)32-18)9-10-23(35)25-22-8-7-13-31-34(22)27(26(25)30)19(2)20-11-14-33(15-12-20)17-29(3,4)5/h7-8,13,16,19-20H,9-12,14-15,17H2,1-6H3,(H,32,36). The minimum Gasteiger partial charge on any atom is -0.496 e. The van der Waals surface area contributed by atoms with E-state index >= 15 is 0 Å². The van der Waals surface area contributed by atoms with Crippen LogP contribution in [0.15, 0.2) is 29.2 Å². The van der Waals surface area contributed by atoms with Gasteiger partial charge in [-0.3, -0.25) is 9.59 Å². The topological polar surface area (TPSA) is 79.7 Å². The molecule has 200 valence electrons. The van der Waals surface area contributed by atoms with Gasteiger partial charge < -0.3 is 14.6 Å². The third kappa shape index (κ3) is 5.93. The van der Waals surface area contributed by atoms with Crippen LogP contribution >= 0.6 is 11.6 Å². The first-order chi connectivity index (χ1) is 17.5. The molecule has 0 bridgehead atoms. The van der Waals surface area contributed by atoms with Crippen LogP contribution in [0, 0.1) is 18.3 Å². The monoisotopic (exact) mass is 526 g/mol. The van der Waals surface area contributed by atoms with Gasteiger partial charge in [-0.05, 0) is 68.8 Å². The van der Waals surface area contributed by atoms with Gasteiger partial charge in [0.1, 0.15) is 5.75 Å². The molecule has 4 rings (SSSR count). The van der Waals surface area contributed by atoms with Gasteiger partial charge in [-0.15, -0.1) is 0 Å². The van der Waals surface area contributed by atoms with E-state index in [0.717, 1.165) is 38.2 Å². The molecule has 0 aliphatic carbocycles. The van der Waals surface area contributed by atoms with Crippen LogP contribution in [0.3, 0.4) is 0 Å². The molecule has 0 spiro atoms. The van der Waals surface area contributed by atoms with Crippen molar-refractivity contribution in [3.8, 4) is 5.75 Å². The van der Waals surface area contributed by atoms with E-state index < -0.39 is 0 Å². The molecular formula is C29H39ClN4O3. The molecule has 3 aromatic rings. The molecule has 37 heavy (non-hydrogen) atoms. The maximum Gasteiger partial charge on any atom is 0.255 e. The Hall–Kier alpha value is -2.64. The Bertz CT molecular complexity index is 1330. The van der Waals surface area contributed by atoms with Gasteiger partial charge in [-0.25, -0.2) is 4.52 Å². The van der Waals surface area contributed by atoms with Crippen LogP contribution in [-0.4, -0.2) is 52.0 Å². The van der Waals surface area contributed by atoms with Crippen molar-refractivity contribution in [3.63, 3.8) is 0 Å². The van der Waals surface area contributed by atoms with E-state index in [0.29, 0.717) is 39.0 Å². The number of hydrogen-bond acceptors (Lipinski definition) is 5. The molecule has 7 nitrogen and oxygen atoms in total. The Morgan fingerprint density at radius 3 is 2.65 bits per heavy atom. The molecule has 0 saturated carbocycles. The third-order valence-electron chi connectivity index (χ3n) is 7.48. The Morgan fingerprint density at radius 2 is 2.00 bits per heavy atom. The number of fused-ring (bicyclic) bond motifs is 1. The second kappa shape index (κ2) is 11.0. The molecule has 1 aliphatic rings. The molecular weight excluding hydrogens is 488 g/mol. The molecule has 1 aliphatic heterocycles. The average molecular weight is 527 g/mol. The first-order valence-electron chi connectivity index (χ1n) is 13.2. The number of nitrogens with one attached hydrogen (secondary N) is 1. The highest BCUT2D eigenvalue weighted by atomic mass is 35.5. The maximum absolute atomic E-state index is 13.5. The Kier molecular flexibility index (Phi) is 8.14. The Balaban J connectivity index is 1.58. The quantitative estimate of drug-likeness (QED) is 0.382. The number of carbonyl (C=O) groups excluding carboxylic acids is 1. The number of likely N-dealkylation sites (tertiary alicyclic amines) is 1. The Morgan fingerprint density at radius 1 is 1.30 bits per heavy atom. The summed E-state index contributed by atoms with van der Waals surface area (Å²) < 4.78 is 7.25. The summed E-state index contributed by atoms with van der Waals surface area (Å²) in [6.07, 6.45) is 4.33. The lowest BCUT2D eigenvalue weighted by Crippen LogP contribution is -2.40. The molecule has 0 amide bonds. The first-order valence-corrected chi connectivity index (χ1v) is 13.6. The minimum atomic E-state index is -0.230. The highest BCUT2D eigenvalue weighted by Gasteiger charge is 2.32. The van der Waals surface area contributed by atoms with E-state index in [-0.39, 0.29) is 35.5 Å². The van der Waals surface area contributed by atoms with E-state index in [2.05, 4.69) is 42.7 Å². The highest BCUT2D eigenvalue weighted by Crippen LogP contribution is 2.40. The summed E-state index contributed by atoms with van der Waals surface area (Å²) in [7, 11) is 1.53. The first kappa shape index (κ1) is 27.4. The van der Waals surface area contributed by atoms with Gasteiger partial charge in [-0.1, -0.05) is 39.3 Å². The minimum absolute atomic E-state index is 0.101. The number of aromatic nitrogens is 3. The van der Waals surface area contributed by atoms with Gasteiger partial charge in [-0.2, -0.15) is 5.10 Å². The van der Waals surface area contributed by atoms with Crippen molar-refractivity contribution in [2.24, 2.45) is 11.3 Å².